The van der Waals surface area contributed by atoms with Crippen LogP contribution >= 0.6 is 11.6 Å². The molecule has 1 N–H and O–H groups in total. The first-order valence-corrected chi connectivity index (χ1v) is 6.98. The van der Waals surface area contributed by atoms with Crippen LogP contribution < -0.4 is 5.32 Å². The Morgan fingerprint density at radius 1 is 1.47 bits per heavy atom. The van der Waals surface area contributed by atoms with Crippen LogP contribution in [0.25, 0.3) is 0 Å². The Morgan fingerprint density at radius 2 is 2.11 bits per heavy atom. The minimum absolute atomic E-state index is 0.0504. The van der Waals surface area contributed by atoms with E-state index in [9.17, 15) is 4.79 Å². The summed E-state index contributed by atoms with van der Waals surface area (Å²) in [5.74, 6) is 0.0504. The number of carbonyl (C=O) groups excluding carboxylic acids is 1. The topological polar surface area (TPSA) is 50.2 Å². The second kappa shape index (κ2) is 6.91. The van der Waals surface area contributed by atoms with Gasteiger partial charge in [0.2, 0.25) is 5.91 Å². The normalized spacial score (nSPS) is 12.5. The summed E-state index contributed by atoms with van der Waals surface area (Å²) in [6.07, 6.45) is 0.811. The highest BCUT2D eigenvalue weighted by molar-refractivity contribution is 6.31. The fraction of sp³-hybridized carbons (Fsp3) is 0.692. The van der Waals surface area contributed by atoms with E-state index < -0.39 is 0 Å². The lowest BCUT2D eigenvalue weighted by Gasteiger charge is -2.18. The molecule has 1 aromatic rings. The smallest absolute Gasteiger partial charge is 0.238 e. The van der Waals surface area contributed by atoms with Crippen LogP contribution in [0.3, 0.4) is 0 Å². The third-order valence-corrected chi connectivity index (χ3v) is 3.52. The first-order valence-electron chi connectivity index (χ1n) is 6.60. The van der Waals surface area contributed by atoms with Gasteiger partial charge in [0.05, 0.1) is 22.5 Å². The van der Waals surface area contributed by atoms with E-state index in [1.54, 1.807) is 19.0 Å². The van der Waals surface area contributed by atoms with Gasteiger partial charge in [0.15, 0.2) is 0 Å². The molecular weight excluding hydrogens is 264 g/mol. The lowest BCUT2D eigenvalue weighted by Crippen LogP contribution is -2.41. The molecule has 0 saturated heterocycles. The highest BCUT2D eigenvalue weighted by atomic mass is 35.5. The average Bonchev–Trinajstić information content (AvgIpc) is 2.70. The molecule has 1 heterocycles. The molecule has 5 nitrogen and oxygen atoms in total. The number of nitrogens with one attached hydrogen (secondary N) is 1. The number of amides is 1. The molecule has 0 aromatic carbocycles. The van der Waals surface area contributed by atoms with Crippen molar-refractivity contribution >= 4 is 17.5 Å². The first kappa shape index (κ1) is 16.0. The van der Waals surface area contributed by atoms with E-state index in [1.807, 2.05) is 25.5 Å². The first-order chi connectivity index (χ1) is 8.92. The summed E-state index contributed by atoms with van der Waals surface area (Å²) >= 11 is 6.32. The van der Waals surface area contributed by atoms with Gasteiger partial charge in [0.1, 0.15) is 0 Å². The Hall–Kier alpha value is -1.07. The van der Waals surface area contributed by atoms with Crippen LogP contribution in [0.1, 0.15) is 32.2 Å². The summed E-state index contributed by atoms with van der Waals surface area (Å²) in [4.78, 5) is 13.4. The number of rotatable bonds is 6. The predicted octanol–water partition coefficient (Wildman–Crippen LogP) is 1.69. The second-order valence-corrected chi connectivity index (χ2v) is 5.09. The standard InChI is InChI=1S/C13H23ClN4O/c1-6-10-12(14)11(18(7-2)16-10)8-15-9(3)13(19)17(4)5/h9,15H,6-8H2,1-5H3. The van der Waals surface area contributed by atoms with E-state index in [-0.39, 0.29) is 11.9 Å². The Morgan fingerprint density at radius 3 is 2.58 bits per heavy atom. The number of hydrogen-bond acceptors (Lipinski definition) is 3. The van der Waals surface area contributed by atoms with Gasteiger partial charge in [0.25, 0.3) is 0 Å². The van der Waals surface area contributed by atoms with E-state index in [0.29, 0.717) is 11.6 Å². The lowest BCUT2D eigenvalue weighted by molar-refractivity contribution is -0.130. The van der Waals surface area contributed by atoms with Gasteiger partial charge < -0.3 is 10.2 Å². The van der Waals surface area contributed by atoms with Crippen LogP contribution in [0.5, 0.6) is 0 Å². The number of nitrogens with zero attached hydrogens (tertiary/aromatic N) is 3. The molecule has 0 bridgehead atoms. The van der Waals surface area contributed by atoms with Crippen molar-refractivity contribution in [3.8, 4) is 0 Å². The number of aromatic nitrogens is 2. The van der Waals surface area contributed by atoms with Crippen molar-refractivity contribution in [2.45, 2.75) is 46.3 Å². The number of halogens is 1. The van der Waals surface area contributed by atoms with Crippen LogP contribution in [0, 0.1) is 0 Å². The Bertz CT molecular complexity index is 442. The molecule has 1 aromatic heterocycles. The van der Waals surface area contributed by atoms with E-state index in [2.05, 4.69) is 10.4 Å². The van der Waals surface area contributed by atoms with Crippen molar-refractivity contribution in [2.24, 2.45) is 0 Å². The van der Waals surface area contributed by atoms with E-state index in [1.165, 1.54) is 0 Å². The van der Waals surface area contributed by atoms with Crippen LogP contribution in [-0.4, -0.2) is 40.7 Å². The zero-order chi connectivity index (χ0) is 14.6. The molecule has 0 spiro atoms. The molecule has 1 unspecified atom stereocenters. The minimum Gasteiger partial charge on any atom is -0.347 e. The monoisotopic (exact) mass is 286 g/mol. The van der Waals surface area contributed by atoms with E-state index >= 15 is 0 Å². The SMILES string of the molecule is CCc1nn(CC)c(CNC(C)C(=O)N(C)C)c1Cl. The molecule has 19 heavy (non-hydrogen) atoms. The molecule has 1 atom stereocenters. The molecular formula is C13H23ClN4O. The van der Waals surface area contributed by atoms with Gasteiger partial charge in [0, 0.05) is 27.2 Å². The quantitative estimate of drug-likeness (QED) is 0.866. The van der Waals surface area contributed by atoms with Gasteiger partial charge in [-0.3, -0.25) is 9.48 Å². The molecule has 0 radical (unpaired) electrons. The summed E-state index contributed by atoms with van der Waals surface area (Å²) in [7, 11) is 3.50. The highest BCUT2D eigenvalue weighted by Gasteiger charge is 2.18. The molecule has 0 aliphatic heterocycles. The largest absolute Gasteiger partial charge is 0.347 e. The van der Waals surface area contributed by atoms with Gasteiger partial charge in [-0.2, -0.15) is 5.10 Å². The maximum absolute atomic E-state index is 11.8. The zero-order valence-corrected chi connectivity index (χ0v) is 13.1. The molecule has 108 valence electrons. The highest BCUT2D eigenvalue weighted by Crippen LogP contribution is 2.21. The number of aryl methyl sites for hydroxylation is 2. The van der Waals surface area contributed by atoms with Crippen molar-refractivity contribution in [1.29, 1.82) is 0 Å². The maximum Gasteiger partial charge on any atom is 0.238 e. The lowest BCUT2D eigenvalue weighted by atomic mass is 10.2. The summed E-state index contributed by atoms with van der Waals surface area (Å²) in [5, 5.41) is 8.36. The van der Waals surface area contributed by atoms with Crippen LogP contribution in [0.15, 0.2) is 0 Å². The molecule has 1 amide bonds. The predicted molar refractivity (Wildman–Crippen MR) is 77.3 cm³/mol. The number of carbonyl (C=O) groups is 1. The van der Waals surface area contributed by atoms with Crippen molar-refractivity contribution < 1.29 is 4.79 Å². The third-order valence-electron chi connectivity index (χ3n) is 3.08. The Balaban J connectivity index is 2.77. The van der Waals surface area contributed by atoms with Gasteiger partial charge in [-0.15, -0.1) is 0 Å². The Labute approximate surface area is 119 Å². The molecule has 0 aliphatic rings. The summed E-state index contributed by atoms with van der Waals surface area (Å²) in [5.41, 5.74) is 1.85. The van der Waals surface area contributed by atoms with Crippen LogP contribution in [0.2, 0.25) is 5.02 Å². The van der Waals surface area contributed by atoms with Crippen LogP contribution in [-0.2, 0) is 24.3 Å². The maximum atomic E-state index is 11.8. The summed E-state index contributed by atoms with van der Waals surface area (Å²) in [6, 6.07) is -0.239. The van der Waals surface area contributed by atoms with Gasteiger partial charge in [-0.05, 0) is 20.3 Å². The second-order valence-electron chi connectivity index (χ2n) is 4.71. The fourth-order valence-electron chi connectivity index (χ4n) is 1.91. The minimum atomic E-state index is -0.239. The fourth-order valence-corrected chi connectivity index (χ4v) is 2.25. The molecule has 6 heteroatoms. The van der Waals surface area contributed by atoms with Crippen molar-refractivity contribution in [2.75, 3.05) is 14.1 Å². The van der Waals surface area contributed by atoms with Gasteiger partial charge in [-0.25, -0.2) is 0 Å². The van der Waals surface area contributed by atoms with Gasteiger partial charge >= 0.3 is 0 Å². The number of hydrogen-bond donors (Lipinski definition) is 1. The molecule has 1 rings (SSSR count). The zero-order valence-electron chi connectivity index (χ0n) is 12.3. The van der Waals surface area contributed by atoms with Crippen LogP contribution in [0.4, 0.5) is 0 Å². The van der Waals surface area contributed by atoms with Crippen molar-refractivity contribution in [3.05, 3.63) is 16.4 Å². The van der Waals surface area contributed by atoms with Crippen molar-refractivity contribution in [3.63, 3.8) is 0 Å². The average molecular weight is 287 g/mol. The molecule has 0 fully saturated rings. The third kappa shape index (κ3) is 3.70. The van der Waals surface area contributed by atoms with E-state index in [0.717, 1.165) is 24.4 Å². The van der Waals surface area contributed by atoms with Gasteiger partial charge in [-0.1, -0.05) is 18.5 Å². The van der Waals surface area contributed by atoms with Crippen molar-refractivity contribution in [1.82, 2.24) is 20.0 Å². The Kier molecular flexibility index (Phi) is 5.82. The number of likely N-dealkylation sites (N-methyl/N-ethyl adjacent to an activating group) is 1. The summed E-state index contributed by atoms with van der Waals surface area (Å²) < 4.78 is 1.89. The van der Waals surface area contributed by atoms with E-state index in [4.69, 9.17) is 11.6 Å². The molecule has 0 aliphatic carbocycles. The molecule has 0 saturated carbocycles. The summed E-state index contributed by atoms with van der Waals surface area (Å²) in [6.45, 7) is 7.22.